The van der Waals surface area contributed by atoms with Crippen LogP contribution in [-0.2, 0) is 22.3 Å². The lowest BCUT2D eigenvalue weighted by atomic mass is 10.2. The van der Waals surface area contributed by atoms with Crippen molar-refractivity contribution in [1.29, 1.82) is 0 Å². The van der Waals surface area contributed by atoms with Crippen molar-refractivity contribution in [2.24, 2.45) is 0 Å². The van der Waals surface area contributed by atoms with Crippen LogP contribution in [0.15, 0.2) is 5.38 Å². The van der Waals surface area contributed by atoms with Crippen LogP contribution < -0.4 is 0 Å². The Hall–Kier alpha value is -0.210. The van der Waals surface area contributed by atoms with Gasteiger partial charge < -0.3 is 4.90 Å². The van der Waals surface area contributed by atoms with Gasteiger partial charge in [-0.2, -0.15) is 4.31 Å². The lowest BCUT2D eigenvalue weighted by Crippen LogP contribution is -2.48. The summed E-state index contributed by atoms with van der Waals surface area (Å²) in [5.41, 5.74) is 0.952. The Bertz CT molecular complexity index is 525. The standard InChI is InChI=1S/C12H20ClN3O2S2/c1-20(17,18)16-7-5-15(6-8-16)4-2-3-12-14-11(9-13)10-19-12/h10H,2-9H2,1H3. The third-order valence-electron chi connectivity index (χ3n) is 3.40. The van der Waals surface area contributed by atoms with E-state index in [0.29, 0.717) is 19.0 Å². The molecule has 0 unspecified atom stereocenters. The fourth-order valence-corrected chi connectivity index (χ4v) is 4.16. The van der Waals surface area contributed by atoms with Gasteiger partial charge in [0.05, 0.1) is 22.8 Å². The van der Waals surface area contributed by atoms with Gasteiger partial charge in [0.25, 0.3) is 0 Å². The highest BCUT2D eigenvalue weighted by Gasteiger charge is 2.22. The lowest BCUT2D eigenvalue weighted by molar-refractivity contribution is 0.187. The van der Waals surface area contributed by atoms with Crippen molar-refractivity contribution in [3.05, 3.63) is 16.1 Å². The van der Waals surface area contributed by atoms with E-state index in [1.54, 1.807) is 15.6 Å². The second kappa shape index (κ2) is 7.17. The van der Waals surface area contributed by atoms with Gasteiger partial charge in [-0.3, -0.25) is 0 Å². The van der Waals surface area contributed by atoms with Crippen LogP contribution >= 0.6 is 22.9 Å². The molecule has 5 nitrogen and oxygen atoms in total. The van der Waals surface area contributed by atoms with Crippen molar-refractivity contribution in [3.63, 3.8) is 0 Å². The fraction of sp³-hybridized carbons (Fsp3) is 0.750. The first-order valence-electron chi connectivity index (χ1n) is 6.66. The third kappa shape index (κ3) is 4.66. The molecule has 0 radical (unpaired) electrons. The molecule has 114 valence electrons. The molecule has 0 aromatic carbocycles. The van der Waals surface area contributed by atoms with Crippen LogP contribution in [0.1, 0.15) is 17.1 Å². The quantitative estimate of drug-likeness (QED) is 0.736. The fourth-order valence-electron chi connectivity index (χ4n) is 2.26. The van der Waals surface area contributed by atoms with E-state index in [2.05, 4.69) is 9.88 Å². The summed E-state index contributed by atoms with van der Waals surface area (Å²) >= 11 is 7.39. The van der Waals surface area contributed by atoms with Gasteiger partial charge in [0.2, 0.25) is 10.0 Å². The summed E-state index contributed by atoms with van der Waals surface area (Å²) in [6.07, 6.45) is 3.29. The van der Waals surface area contributed by atoms with E-state index in [1.807, 2.05) is 5.38 Å². The van der Waals surface area contributed by atoms with Gasteiger partial charge in [-0.25, -0.2) is 13.4 Å². The number of piperazine rings is 1. The number of halogens is 1. The maximum atomic E-state index is 11.4. The van der Waals surface area contributed by atoms with E-state index in [9.17, 15) is 8.42 Å². The average Bonchev–Trinajstić information content (AvgIpc) is 2.86. The summed E-state index contributed by atoms with van der Waals surface area (Å²) in [4.78, 5) is 6.75. The van der Waals surface area contributed by atoms with Crippen LogP contribution in [-0.4, -0.2) is 61.6 Å². The average molecular weight is 338 g/mol. The molecule has 1 aliphatic heterocycles. The number of alkyl halides is 1. The maximum absolute atomic E-state index is 11.4. The Labute approximate surface area is 129 Å². The molecular weight excluding hydrogens is 318 g/mol. The van der Waals surface area contributed by atoms with Crippen LogP contribution in [0, 0.1) is 0 Å². The largest absolute Gasteiger partial charge is 0.301 e. The van der Waals surface area contributed by atoms with E-state index >= 15 is 0 Å². The number of aromatic nitrogens is 1. The van der Waals surface area contributed by atoms with Crippen molar-refractivity contribution in [2.45, 2.75) is 18.7 Å². The Kier molecular flexibility index (Phi) is 5.80. The normalized spacial score (nSPS) is 18.5. The Morgan fingerprint density at radius 1 is 1.35 bits per heavy atom. The summed E-state index contributed by atoms with van der Waals surface area (Å²) < 4.78 is 24.4. The number of hydrogen-bond acceptors (Lipinski definition) is 5. The SMILES string of the molecule is CS(=O)(=O)N1CCN(CCCc2nc(CCl)cs2)CC1. The van der Waals surface area contributed by atoms with Crippen molar-refractivity contribution >= 4 is 33.0 Å². The molecule has 20 heavy (non-hydrogen) atoms. The zero-order valence-corrected chi connectivity index (χ0v) is 14.0. The predicted molar refractivity (Wildman–Crippen MR) is 82.8 cm³/mol. The van der Waals surface area contributed by atoms with Crippen molar-refractivity contribution in [2.75, 3.05) is 39.0 Å². The predicted octanol–water partition coefficient (Wildman–Crippen LogP) is 1.39. The summed E-state index contributed by atoms with van der Waals surface area (Å²) in [6.45, 7) is 3.84. The Morgan fingerprint density at radius 2 is 2.05 bits per heavy atom. The second-order valence-corrected chi connectivity index (χ2v) is 8.17. The number of rotatable bonds is 6. The zero-order chi connectivity index (χ0) is 14.6. The van der Waals surface area contributed by atoms with Gasteiger partial charge in [-0.05, 0) is 13.0 Å². The minimum atomic E-state index is -3.03. The molecule has 1 aromatic rings. The Balaban J connectivity index is 1.69. The summed E-state index contributed by atoms with van der Waals surface area (Å²) in [5, 5.41) is 3.14. The highest BCUT2D eigenvalue weighted by molar-refractivity contribution is 7.88. The van der Waals surface area contributed by atoms with Crippen molar-refractivity contribution in [1.82, 2.24) is 14.2 Å². The molecule has 0 spiro atoms. The molecule has 0 bridgehead atoms. The molecule has 0 N–H and O–H groups in total. The summed E-state index contributed by atoms with van der Waals surface area (Å²) in [5.74, 6) is 0.476. The Morgan fingerprint density at radius 3 is 2.60 bits per heavy atom. The molecule has 8 heteroatoms. The van der Waals surface area contributed by atoms with Crippen LogP contribution in [0.3, 0.4) is 0 Å². The maximum Gasteiger partial charge on any atom is 0.211 e. The monoisotopic (exact) mass is 337 g/mol. The molecule has 0 atom stereocenters. The van der Waals surface area contributed by atoms with Gasteiger partial charge in [0.15, 0.2) is 0 Å². The molecule has 1 aromatic heterocycles. The van der Waals surface area contributed by atoms with Crippen LogP contribution in [0.4, 0.5) is 0 Å². The van der Waals surface area contributed by atoms with Crippen LogP contribution in [0.25, 0.3) is 0 Å². The smallest absolute Gasteiger partial charge is 0.211 e. The molecular formula is C12H20ClN3O2S2. The third-order valence-corrected chi connectivity index (χ3v) is 5.94. The van der Waals surface area contributed by atoms with Crippen molar-refractivity contribution in [3.8, 4) is 0 Å². The lowest BCUT2D eigenvalue weighted by Gasteiger charge is -2.33. The number of sulfonamides is 1. The highest BCUT2D eigenvalue weighted by Crippen LogP contribution is 2.14. The molecule has 1 fully saturated rings. The zero-order valence-electron chi connectivity index (χ0n) is 11.6. The van der Waals surface area contributed by atoms with Gasteiger partial charge in [0, 0.05) is 38.0 Å². The van der Waals surface area contributed by atoms with Crippen molar-refractivity contribution < 1.29 is 8.42 Å². The molecule has 1 saturated heterocycles. The number of thiazole rings is 1. The first-order chi connectivity index (χ1) is 9.49. The van der Waals surface area contributed by atoms with Gasteiger partial charge in [0.1, 0.15) is 0 Å². The van der Waals surface area contributed by atoms with E-state index in [0.717, 1.165) is 43.2 Å². The van der Waals surface area contributed by atoms with E-state index in [-0.39, 0.29) is 0 Å². The van der Waals surface area contributed by atoms with Gasteiger partial charge in [-0.1, -0.05) is 0 Å². The number of aryl methyl sites for hydroxylation is 1. The van der Waals surface area contributed by atoms with Gasteiger partial charge in [-0.15, -0.1) is 22.9 Å². The number of nitrogens with zero attached hydrogens (tertiary/aromatic N) is 3. The number of hydrogen-bond donors (Lipinski definition) is 0. The van der Waals surface area contributed by atoms with Gasteiger partial charge >= 0.3 is 0 Å². The first kappa shape index (κ1) is 16.2. The van der Waals surface area contributed by atoms with E-state index in [4.69, 9.17) is 11.6 Å². The molecule has 1 aliphatic rings. The molecule has 2 rings (SSSR count). The summed E-state index contributed by atoms with van der Waals surface area (Å²) in [6, 6.07) is 0. The molecule has 0 amide bonds. The minimum absolute atomic E-state index is 0.476. The first-order valence-corrected chi connectivity index (χ1v) is 9.92. The molecule has 0 saturated carbocycles. The highest BCUT2D eigenvalue weighted by atomic mass is 35.5. The minimum Gasteiger partial charge on any atom is -0.301 e. The topological polar surface area (TPSA) is 53.5 Å². The molecule has 0 aliphatic carbocycles. The summed E-state index contributed by atoms with van der Waals surface area (Å²) in [7, 11) is -3.03. The second-order valence-electron chi connectivity index (χ2n) is 4.97. The van der Waals surface area contributed by atoms with E-state index < -0.39 is 10.0 Å². The van der Waals surface area contributed by atoms with Crippen LogP contribution in [0.5, 0.6) is 0 Å². The molecule has 2 heterocycles. The van der Waals surface area contributed by atoms with E-state index in [1.165, 1.54) is 6.26 Å². The van der Waals surface area contributed by atoms with Crippen LogP contribution in [0.2, 0.25) is 0 Å².